The molecule has 0 bridgehead atoms. The van der Waals surface area contributed by atoms with Gasteiger partial charge in [-0.15, -0.1) is 0 Å². The van der Waals surface area contributed by atoms with E-state index in [9.17, 15) is 9.90 Å². The van der Waals surface area contributed by atoms with Crippen molar-refractivity contribution in [2.75, 3.05) is 0 Å². The van der Waals surface area contributed by atoms with Crippen LogP contribution < -0.4 is 19.9 Å². The molecule has 4 nitrogen and oxygen atoms in total. The molecular formula is C27H18O4. The summed E-state index contributed by atoms with van der Waals surface area (Å²) >= 11 is 0. The predicted molar refractivity (Wildman–Crippen MR) is 119 cm³/mol. The molecule has 0 amide bonds. The molecule has 31 heavy (non-hydrogen) atoms. The van der Waals surface area contributed by atoms with E-state index in [1.807, 2.05) is 78.9 Å². The molecule has 0 saturated carbocycles. The van der Waals surface area contributed by atoms with E-state index in [-0.39, 0.29) is 5.56 Å². The van der Waals surface area contributed by atoms with Gasteiger partial charge in [-0.2, -0.15) is 0 Å². The summed E-state index contributed by atoms with van der Waals surface area (Å²) < 4.78 is 12.2. The lowest BCUT2D eigenvalue weighted by Crippen LogP contribution is -2.20. The number of aromatic carboxylic acids is 1. The lowest BCUT2D eigenvalue weighted by molar-refractivity contribution is 0.0696. The van der Waals surface area contributed by atoms with Crippen LogP contribution in [0.3, 0.4) is 0 Å². The van der Waals surface area contributed by atoms with Crippen LogP contribution in [0.2, 0.25) is 0 Å². The molecule has 150 valence electrons. The van der Waals surface area contributed by atoms with E-state index in [2.05, 4.69) is 6.58 Å². The molecule has 4 aromatic rings. The first kappa shape index (κ1) is 18.7. The Bertz CT molecular complexity index is 1420. The number of fused-ring (bicyclic) bond motifs is 2. The Morgan fingerprint density at radius 1 is 0.774 bits per heavy atom. The minimum atomic E-state index is -0.976. The van der Waals surface area contributed by atoms with Crippen molar-refractivity contribution in [3.05, 3.63) is 118 Å². The van der Waals surface area contributed by atoms with Crippen LogP contribution in [0.25, 0.3) is 12.2 Å². The number of carbonyl (C=O) groups is 1. The van der Waals surface area contributed by atoms with Crippen LogP contribution in [0.4, 0.5) is 0 Å². The van der Waals surface area contributed by atoms with Gasteiger partial charge in [0.2, 0.25) is 0 Å². The van der Waals surface area contributed by atoms with Crippen molar-refractivity contribution in [3.63, 3.8) is 0 Å². The van der Waals surface area contributed by atoms with Crippen LogP contribution in [-0.2, 0) is 0 Å². The summed E-state index contributed by atoms with van der Waals surface area (Å²) in [5.74, 6) is 1.61. The molecule has 0 atom stereocenters. The van der Waals surface area contributed by atoms with Crippen LogP contribution in [-0.4, -0.2) is 11.1 Å². The molecule has 4 aromatic carbocycles. The van der Waals surface area contributed by atoms with Crippen molar-refractivity contribution in [3.8, 4) is 23.0 Å². The number of hydrogen-bond acceptors (Lipinski definition) is 3. The molecule has 0 fully saturated rings. The first-order valence-electron chi connectivity index (χ1n) is 9.81. The third-order valence-electron chi connectivity index (χ3n) is 5.16. The Labute approximate surface area is 178 Å². The van der Waals surface area contributed by atoms with Gasteiger partial charge >= 0.3 is 5.97 Å². The molecule has 0 aromatic heterocycles. The number of benzene rings is 4. The standard InChI is InChI=1S/C27H18O4/c1-17-11-13-22-24(15-17)31-25-16-19(30-18-7-3-2-4-8-18)12-14-23(25)26(22)20-9-5-6-10-21(20)27(28)29/h2-16H,1H2,(H,28,29). The molecule has 5 rings (SSSR count). The highest BCUT2D eigenvalue weighted by Crippen LogP contribution is 2.39. The summed E-state index contributed by atoms with van der Waals surface area (Å²) in [6.45, 7) is 3.99. The number of rotatable bonds is 4. The van der Waals surface area contributed by atoms with Crippen LogP contribution in [0, 0.1) is 0 Å². The fourth-order valence-corrected chi connectivity index (χ4v) is 3.78. The molecule has 0 spiro atoms. The van der Waals surface area contributed by atoms with Crippen molar-refractivity contribution in [1.29, 1.82) is 0 Å². The molecule has 1 aliphatic rings. The van der Waals surface area contributed by atoms with Gasteiger partial charge in [-0.05, 0) is 47.2 Å². The predicted octanol–water partition coefficient (Wildman–Crippen LogP) is 4.94. The second-order valence-corrected chi connectivity index (χ2v) is 7.23. The fourth-order valence-electron chi connectivity index (χ4n) is 3.78. The van der Waals surface area contributed by atoms with Gasteiger partial charge in [0.15, 0.2) is 0 Å². The third kappa shape index (κ3) is 3.45. The summed E-state index contributed by atoms with van der Waals surface area (Å²) in [4.78, 5) is 11.9. The number of hydrogen-bond donors (Lipinski definition) is 1. The van der Waals surface area contributed by atoms with Gasteiger partial charge in [0, 0.05) is 22.4 Å². The van der Waals surface area contributed by atoms with Gasteiger partial charge in [-0.1, -0.05) is 55.1 Å². The number of carboxylic acids is 1. The molecular weight excluding hydrogens is 388 g/mol. The van der Waals surface area contributed by atoms with Gasteiger partial charge in [-0.3, -0.25) is 0 Å². The lowest BCUT2D eigenvalue weighted by Gasteiger charge is -2.22. The molecule has 1 aliphatic heterocycles. The number of ether oxygens (including phenoxy) is 2. The zero-order valence-corrected chi connectivity index (χ0v) is 16.5. The Morgan fingerprint density at radius 2 is 1.55 bits per heavy atom. The smallest absolute Gasteiger partial charge is 0.336 e. The van der Waals surface area contributed by atoms with E-state index in [1.54, 1.807) is 12.1 Å². The van der Waals surface area contributed by atoms with Crippen LogP contribution in [0.5, 0.6) is 23.0 Å². The van der Waals surface area contributed by atoms with Crippen molar-refractivity contribution >= 4 is 18.1 Å². The van der Waals surface area contributed by atoms with Crippen molar-refractivity contribution < 1.29 is 19.4 Å². The van der Waals surface area contributed by atoms with E-state index in [4.69, 9.17) is 9.47 Å². The summed E-state index contributed by atoms with van der Waals surface area (Å²) in [5.41, 5.74) is 2.48. The quantitative estimate of drug-likeness (QED) is 0.459. The van der Waals surface area contributed by atoms with Crippen LogP contribution >= 0.6 is 0 Å². The average Bonchev–Trinajstić information content (AvgIpc) is 2.78. The van der Waals surface area contributed by atoms with E-state index in [0.29, 0.717) is 22.8 Å². The maximum absolute atomic E-state index is 11.9. The summed E-state index contributed by atoms with van der Waals surface area (Å²) in [6.07, 6.45) is 0. The SMILES string of the molecule is C=c1ccc2c(c1)Oc1cc(Oc3ccccc3)ccc1C=2c1ccccc1C(=O)O. The zero-order valence-electron chi connectivity index (χ0n) is 16.5. The Kier molecular flexibility index (Phi) is 4.53. The Balaban J connectivity index is 1.73. The van der Waals surface area contributed by atoms with Crippen molar-refractivity contribution in [1.82, 2.24) is 0 Å². The Morgan fingerprint density at radius 3 is 2.35 bits per heavy atom. The zero-order chi connectivity index (χ0) is 21.4. The minimum absolute atomic E-state index is 0.236. The first-order chi connectivity index (χ1) is 15.1. The molecule has 0 saturated heterocycles. The maximum atomic E-state index is 11.9. The lowest BCUT2D eigenvalue weighted by atomic mass is 9.89. The van der Waals surface area contributed by atoms with Gasteiger partial charge in [0.1, 0.15) is 23.0 Å². The van der Waals surface area contributed by atoms with Gasteiger partial charge < -0.3 is 14.6 Å². The van der Waals surface area contributed by atoms with Crippen LogP contribution in [0.1, 0.15) is 21.5 Å². The van der Waals surface area contributed by atoms with Gasteiger partial charge in [0.05, 0.1) is 5.56 Å². The molecule has 1 N–H and O–H groups in total. The van der Waals surface area contributed by atoms with E-state index < -0.39 is 5.97 Å². The van der Waals surface area contributed by atoms with Crippen molar-refractivity contribution in [2.24, 2.45) is 0 Å². The highest BCUT2D eigenvalue weighted by atomic mass is 16.5. The topological polar surface area (TPSA) is 55.8 Å². The second kappa shape index (κ2) is 7.50. The van der Waals surface area contributed by atoms with E-state index >= 15 is 0 Å². The van der Waals surface area contributed by atoms with Crippen LogP contribution in [0.15, 0.2) is 91.0 Å². The summed E-state index contributed by atoms with van der Waals surface area (Å²) in [7, 11) is 0. The molecule has 1 heterocycles. The van der Waals surface area contributed by atoms with Crippen molar-refractivity contribution in [2.45, 2.75) is 0 Å². The van der Waals surface area contributed by atoms with E-state index in [0.717, 1.165) is 27.3 Å². The van der Waals surface area contributed by atoms with Gasteiger partial charge in [-0.25, -0.2) is 4.79 Å². The summed E-state index contributed by atoms with van der Waals surface area (Å²) in [6, 6.07) is 27.8. The third-order valence-corrected chi connectivity index (χ3v) is 5.16. The Hall–Kier alpha value is -4.31. The van der Waals surface area contributed by atoms with E-state index in [1.165, 1.54) is 0 Å². The average molecular weight is 406 g/mol. The number of carboxylic acid groups (broad SMARTS) is 1. The molecule has 0 aliphatic carbocycles. The minimum Gasteiger partial charge on any atom is -0.478 e. The second-order valence-electron chi connectivity index (χ2n) is 7.23. The highest BCUT2D eigenvalue weighted by Gasteiger charge is 2.24. The first-order valence-corrected chi connectivity index (χ1v) is 9.81. The number of para-hydroxylation sites is 1. The molecule has 0 radical (unpaired) electrons. The summed E-state index contributed by atoms with van der Waals surface area (Å²) in [5, 5.41) is 11.4. The largest absolute Gasteiger partial charge is 0.478 e. The fraction of sp³-hybridized carbons (Fsp3) is 0. The monoisotopic (exact) mass is 406 g/mol. The van der Waals surface area contributed by atoms with Gasteiger partial charge in [0.25, 0.3) is 0 Å². The molecule has 4 heteroatoms. The maximum Gasteiger partial charge on any atom is 0.336 e. The highest BCUT2D eigenvalue weighted by molar-refractivity contribution is 5.98. The normalized spacial score (nSPS) is 11.8. The molecule has 0 unspecified atom stereocenters.